The molecule has 0 radical (unpaired) electrons. The van der Waals surface area contributed by atoms with Gasteiger partial charge in [-0.3, -0.25) is 4.98 Å². The average molecular weight is 284 g/mol. The van der Waals surface area contributed by atoms with Gasteiger partial charge in [-0.15, -0.1) is 0 Å². The number of halogens is 3. The number of carbonyl (C=O) groups excluding carboxylic acids is 1. The Morgan fingerprint density at radius 2 is 2.05 bits per heavy atom. The Morgan fingerprint density at radius 3 is 2.63 bits per heavy atom. The van der Waals surface area contributed by atoms with Crippen molar-refractivity contribution in [3.8, 4) is 11.3 Å². The predicted octanol–water partition coefficient (Wildman–Crippen LogP) is 3.47. The molecule has 1 heterocycles. The number of carbonyl (C=O) groups is 1. The van der Waals surface area contributed by atoms with Gasteiger partial charge in [0.05, 0.1) is 23.4 Å². The van der Waals surface area contributed by atoms with Crippen molar-refractivity contribution in [2.24, 2.45) is 0 Å². The number of pyridine rings is 1. The molecule has 0 saturated heterocycles. The van der Waals surface area contributed by atoms with Crippen LogP contribution >= 0.6 is 11.6 Å². The molecule has 98 valence electrons. The average Bonchev–Trinajstić information content (AvgIpc) is 2.37. The first kappa shape index (κ1) is 13.4. The topological polar surface area (TPSA) is 39.2 Å². The molecule has 3 nitrogen and oxygen atoms in total. The molecule has 6 heteroatoms. The number of esters is 1. The largest absolute Gasteiger partial charge is 0.465 e. The van der Waals surface area contributed by atoms with E-state index in [2.05, 4.69) is 9.72 Å². The molecule has 2 rings (SSSR count). The maximum Gasteiger partial charge on any atom is 0.340 e. The minimum Gasteiger partial charge on any atom is -0.465 e. The van der Waals surface area contributed by atoms with Crippen LogP contribution in [-0.4, -0.2) is 18.1 Å². The monoisotopic (exact) mass is 283 g/mol. The van der Waals surface area contributed by atoms with Gasteiger partial charge in [-0.05, 0) is 18.2 Å². The second kappa shape index (κ2) is 5.32. The number of hydrogen-bond donors (Lipinski definition) is 0. The lowest BCUT2D eigenvalue weighted by Gasteiger charge is -2.06. The molecule has 0 atom stereocenters. The standard InChI is InChI=1S/C13H8ClF2NO2/c1-19-13(18)9-6-17-12(5-10(9)14)8-3-2-7(15)4-11(8)16/h2-6H,1H3. The number of nitrogens with zero attached hydrogens (tertiary/aromatic N) is 1. The summed E-state index contributed by atoms with van der Waals surface area (Å²) in [5, 5.41) is 0.0839. The third-order valence-electron chi connectivity index (χ3n) is 2.47. The van der Waals surface area contributed by atoms with Crippen LogP contribution in [0.2, 0.25) is 5.02 Å². The molecule has 0 spiro atoms. The van der Waals surface area contributed by atoms with E-state index in [4.69, 9.17) is 11.6 Å². The number of benzene rings is 1. The van der Waals surface area contributed by atoms with Crippen molar-refractivity contribution in [1.82, 2.24) is 4.98 Å². The first-order chi connectivity index (χ1) is 9.02. The van der Waals surface area contributed by atoms with Crippen LogP contribution in [0.4, 0.5) is 8.78 Å². The highest BCUT2D eigenvalue weighted by molar-refractivity contribution is 6.33. The summed E-state index contributed by atoms with van der Waals surface area (Å²) < 4.78 is 30.9. The predicted molar refractivity (Wildman–Crippen MR) is 65.9 cm³/mol. The highest BCUT2D eigenvalue weighted by Gasteiger charge is 2.14. The van der Waals surface area contributed by atoms with Crippen LogP contribution in [0, 0.1) is 11.6 Å². The first-order valence-electron chi connectivity index (χ1n) is 5.22. The Labute approximate surface area is 112 Å². The fraction of sp³-hybridized carbons (Fsp3) is 0.0769. The van der Waals surface area contributed by atoms with Crippen molar-refractivity contribution >= 4 is 17.6 Å². The van der Waals surface area contributed by atoms with E-state index in [-0.39, 0.29) is 21.8 Å². The molecule has 1 aromatic heterocycles. The minimum absolute atomic E-state index is 0.0791. The molecule has 0 amide bonds. The van der Waals surface area contributed by atoms with Crippen LogP contribution in [0.25, 0.3) is 11.3 Å². The van der Waals surface area contributed by atoms with Crippen LogP contribution in [0.1, 0.15) is 10.4 Å². The first-order valence-corrected chi connectivity index (χ1v) is 5.60. The van der Waals surface area contributed by atoms with Crippen LogP contribution < -0.4 is 0 Å². The van der Waals surface area contributed by atoms with Crippen molar-refractivity contribution in [3.05, 3.63) is 52.7 Å². The molecule has 19 heavy (non-hydrogen) atoms. The summed E-state index contributed by atoms with van der Waals surface area (Å²) in [6.07, 6.45) is 1.19. The van der Waals surface area contributed by atoms with Gasteiger partial charge in [0.2, 0.25) is 0 Å². The fourth-order valence-corrected chi connectivity index (χ4v) is 1.76. The van der Waals surface area contributed by atoms with Gasteiger partial charge < -0.3 is 4.74 Å². The number of hydrogen-bond acceptors (Lipinski definition) is 3. The summed E-state index contributed by atoms with van der Waals surface area (Å²) in [7, 11) is 1.21. The molecular formula is C13H8ClF2NO2. The summed E-state index contributed by atoms with van der Waals surface area (Å²) in [5.74, 6) is -2.07. The van der Waals surface area contributed by atoms with Crippen LogP contribution in [0.5, 0.6) is 0 Å². The van der Waals surface area contributed by atoms with Gasteiger partial charge in [-0.1, -0.05) is 11.6 Å². The van der Waals surface area contributed by atoms with Gasteiger partial charge >= 0.3 is 5.97 Å². The van der Waals surface area contributed by atoms with E-state index >= 15 is 0 Å². The quantitative estimate of drug-likeness (QED) is 0.792. The number of aromatic nitrogens is 1. The fourth-order valence-electron chi connectivity index (χ4n) is 1.54. The highest BCUT2D eigenvalue weighted by Crippen LogP contribution is 2.26. The molecule has 0 fully saturated rings. The lowest BCUT2D eigenvalue weighted by atomic mass is 10.1. The maximum atomic E-state index is 13.6. The third-order valence-corrected chi connectivity index (χ3v) is 2.78. The summed E-state index contributed by atoms with van der Waals surface area (Å²) >= 11 is 5.90. The SMILES string of the molecule is COC(=O)c1cnc(-c2ccc(F)cc2F)cc1Cl. The minimum atomic E-state index is -0.755. The van der Waals surface area contributed by atoms with Gasteiger partial charge in [0.1, 0.15) is 11.6 Å². The molecule has 0 aliphatic carbocycles. The normalized spacial score (nSPS) is 10.3. The Balaban J connectivity index is 2.47. The molecule has 0 bridgehead atoms. The Kier molecular flexibility index (Phi) is 3.76. The lowest BCUT2D eigenvalue weighted by molar-refractivity contribution is 0.0600. The Hall–Kier alpha value is -2.01. The molecule has 0 unspecified atom stereocenters. The van der Waals surface area contributed by atoms with Crippen LogP contribution in [0.15, 0.2) is 30.5 Å². The van der Waals surface area contributed by atoms with Gasteiger partial charge in [0.15, 0.2) is 0 Å². The number of rotatable bonds is 2. The van der Waals surface area contributed by atoms with E-state index in [0.29, 0.717) is 0 Å². The molecular weight excluding hydrogens is 276 g/mol. The third kappa shape index (κ3) is 2.71. The van der Waals surface area contributed by atoms with E-state index in [1.807, 2.05) is 0 Å². The van der Waals surface area contributed by atoms with Crippen molar-refractivity contribution < 1.29 is 18.3 Å². The van der Waals surface area contributed by atoms with Gasteiger partial charge in [0.25, 0.3) is 0 Å². The Bertz CT molecular complexity index is 647. The smallest absolute Gasteiger partial charge is 0.340 e. The van der Waals surface area contributed by atoms with Gasteiger partial charge in [0, 0.05) is 17.8 Å². The van der Waals surface area contributed by atoms with E-state index in [9.17, 15) is 13.6 Å². The molecule has 0 aliphatic heterocycles. The van der Waals surface area contributed by atoms with Crippen LogP contribution in [0.3, 0.4) is 0 Å². The molecule has 0 saturated carbocycles. The van der Waals surface area contributed by atoms with Crippen molar-refractivity contribution in [2.75, 3.05) is 7.11 Å². The van der Waals surface area contributed by atoms with Crippen molar-refractivity contribution in [1.29, 1.82) is 0 Å². The van der Waals surface area contributed by atoms with Gasteiger partial charge in [-0.2, -0.15) is 0 Å². The van der Waals surface area contributed by atoms with Crippen LogP contribution in [-0.2, 0) is 4.74 Å². The Morgan fingerprint density at radius 1 is 1.32 bits per heavy atom. The molecule has 0 aliphatic rings. The van der Waals surface area contributed by atoms with Gasteiger partial charge in [-0.25, -0.2) is 13.6 Å². The zero-order chi connectivity index (χ0) is 14.0. The number of ether oxygens (including phenoxy) is 1. The zero-order valence-electron chi connectivity index (χ0n) is 9.78. The van der Waals surface area contributed by atoms with E-state index in [1.165, 1.54) is 25.4 Å². The van der Waals surface area contributed by atoms with E-state index in [1.54, 1.807) is 0 Å². The molecule has 0 N–H and O–H groups in total. The maximum absolute atomic E-state index is 13.6. The van der Waals surface area contributed by atoms with Crippen molar-refractivity contribution in [3.63, 3.8) is 0 Å². The molecule has 2 aromatic rings. The van der Waals surface area contributed by atoms with Crippen molar-refractivity contribution in [2.45, 2.75) is 0 Å². The second-order valence-corrected chi connectivity index (χ2v) is 4.07. The molecule has 1 aromatic carbocycles. The summed E-state index contributed by atoms with van der Waals surface area (Å²) in [6, 6.07) is 4.44. The summed E-state index contributed by atoms with van der Waals surface area (Å²) in [6.45, 7) is 0. The van der Waals surface area contributed by atoms with E-state index in [0.717, 1.165) is 12.1 Å². The number of methoxy groups -OCH3 is 1. The van der Waals surface area contributed by atoms with E-state index < -0.39 is 17.6 Å². The zero-order valence-corrected chi connectivity index (χ0v) is 10.5. The summed E-state index contributed by atoms with van der Waals surface area (Å²) in [4.78, 5) is 15.2. The highest BCUT2D eigenvalue weighted by atomic mass is 35.5. The summed E-state index contributed by atoms with van der Waals surface area (Å²) in [5.41, 5.74) is 0.380. The second-order valence-electron chi connectivity index (χ2n) is 3.67. The lowest BCUT2D eigenvalue weighted by Crippen LogP contribution is -2.03.